The Morgan fingerprint density at radius 2 is 2.06 bits per heavy atom. The van der Waals surface area contributed by atoms with Crippen molar-refractivity contribution in [2.24, 2.45) is 5.73 Å². The quantitative estimate of drug-likeness (QED) is 0.482. The maximum absolute atomic E-state index is 11.9. The van der Waals surface area contributed by atoms with Crippen LogP contribution in [0.15, 0.2) is 0 Å². The van der Waals surface area contributed by atoms with Gasteiger partial charge in [0.15, 0.2) is 0 Å². The van der Waals surface area contributed by atoms with Gasteiger partial charge in [-0.3, -0.25) is 5.41 Å². The summed E-state index contributed by atoms with van der Waals surface area (Å²) in [5.41, 5.74) is 5.01. The Labute approximate surface area is 103 Å². The second-order valence-electron chi connectivity index (χ2n) is 4.74. The highest BCUT2D eigenvalue weighted by molar-refractivity contribution is 5.91. The highest BCUT2D eigenvalue weighted by Crippen LogP contribution is 2.21. The van der Waals surface area contributed by atoms with E-state index in [2.05, 4.69) is 10.2 Å². The van der Waals surface area contributed by atoms with Crippen LogP contribution in [0.4, 0.5) is 4.79 Å². The Morgan fingerprint density at radius 3 is 2.47 bits per heavy atom. The first kappa shape index (κ1) is 13.8. The van der Waals surface area contributed by atoms with Crippen LogP contribution in [0.1, 0.15) is 19.8 Å². The first-order valence-corrected chi connectivity index (χ1v) is 5.97. The fourth-order valence-electron chi connectivity index (χ4n) is 1.91. The molecule has 1 rings (SSSR count). The van der Waals surface area contributed by atoms with Gasteiger partial charge in [-0.15, -0.1) is 0 Å². The van der Waals surface area contributed by atoms with Crippen LogP contribution < -0.4 is 11.1 Å². The number of likely N-dealkylation sites (tertiary alicyclic amines) is 1. The van der Waals surface area contributed by atoms with E-state index in [0.717, 1.165) is 13.1 Å². The molecule has 1 saturated heterocycles. The molecule has 0 aromatic rings. The van der Waals surface area contributed by atoms with Gasteiger partial charge in [0.25, 0.3) is 0 Å². The van der Waals surface area contributed by atoms with Gasteiger partial charge in [-0.2, -0.15) is 0 Å². The lowest BCUT2D eigenvalue weighted by atomic mass is 9.86. The summed E-state index contributed by atoms with van der Waals surface area (Å²) in [7, 11) is 3.77. The number of carbonyl (C=O) groups is 1. The molecule has 0 atom stereocenters. The summed E-state index contributed by atoms with van der Waals surface area (Å²) in [4.78, 5) is 15.6. The smallest absolute Gasteiger partial charge is 0.317 e. The van der Waals surface area contributed by atoms with E-state index < -0.39 is 5.54 Å². The summed E-state index contributed by atoms with van der Waals surface area (Å²) in [6, 6.07) is -0.160. The van der Waals surface area contributed by atoms with Gasteiger partial charge >= 0.3 is 6.03 Å². The minimum atomic E-state index is -0.660. The highest BCUT2D eigenvalue weighted by atomic mass is 16.2. The van der Waals surface area contributed by atoms with E-state index in [1.807, 2.05) is 14.0 Å². The molecule has 17 heavy (non-hydrogen) atoms. The van der Waals surface area contributed by atoms with E-state index in [1.165, 1.54) is 0 Å². The summed E-state index contributed by atoms with van der Waals surface area (Å²) < 4.78 is 0. The van der Waals surface area contributed by atoms with Crippen molar-refractivity contribution in [3.63, 3.8) is 0 Å². The van der Waals surface area contributed by atoms with Crippen molar-refractivity contribution in [3.8, 4) is 0 Å². The number of hydrogen-bond donors (Lipinski definition) is 3. The lowest BCUT2D eigenvalue weighted by Gasteiger charge is -2.41. The molecule has 0 aromatic heterocycles. The topological polar surface area (TPSA) is 85.5 Å². The van der Waals surface area contributed by atoms with Crippen LogP contribution in [-0.2, 0) is 0 Å². The number of piperidine rings is 1. The van der Waals surface area contributed by atoms with Crippen molar-refractivity contribution in [2.45, 2.75) is 25.3 Å². The molecule has 98 valence electrons. The molecule has 4 N–H and O–H groups in total. The Bertz CT molecular complexity index is 296. The Kier molecular flexibility index (Phi) is 4.34. The van der Waals surface area contributed by atoms with Crippen molar-refractivity contribution >= 4 is 11.9 Å². The first-order valence-electron chi connectivity index (χ1n) is 5.97. The minimum Gasteiger partial charge on any atom is -0.386 e. The normalized spacial score (nSPS) is 19.7. The average molecular weight is 241 g/mol. The van der Waals surface area contributed by atoms with Gasteiger partial charge in [-0.05, 0) is 26.8 Å². The predicted molar refractivity (Wildman–Crippen MR) is 68.2 cm³/mol. The zero-order valence-corrected chi connectivity index (χ0v) is 10.9. The molecule has 1 fully saturated rings. The van der Waals surface area contributed by atoms with E-state index in [9.17, 15) is 4.79 Å². The van der Waals surface area contributed by atoms with Crippen LogP contribution in [-0.4, -0.2) is 60.9 Å². The van der Waals surface area contributed by atoms with Crippen LogP contribution in [0, 0.1) is 5.41 Å². The number of rotatable bonds is 3. The maximum Gasteiger partial charge on any atom is 0.317 e. The van der Waals surface area contributed by atoms with Gasteiger partial charge in [0, 0.05) is 26.7 Å². The summed E-state index contributed by atoms with van der Waals surface area (Å²) in [5, 5.41) is 10.6. The van der Waals surface area contributed by atoms with Crippen LogP contribution in [0.25, 0.3) is 0 Å². The Morgan fingerprint density at radius 1 is 1.53 bits per heavy atom. The second kappa shape index (κ2) is 5.35. The molecule has 1 heterocycles. The predicted octanol–water partition coefficient (Wildman–Crippen LogP) is 0.0481. The van der Waals surface area contributed by atoms with Crippen molar-refractivity contribution in [3.05, 3.63) is 0 Å². The van der Waals surface area contributed by atoms with Crippen LogP contribution in [0.2, 0.25) is 0 Å². The number of nitrogens with zero attached hydrogens (tertiary/aromatic N) is 2. The van der Waals surface area contributed by atoms with E-state index >= 15 is 0 Å². The fraction of sp³-hybridized carbons (Fsp3) is 0.818. The van der Waals surface area contributed by atoms with E-state index in [4.69, 9.17) is 11.1 Å². The fourth-order valence-corrected chi connectivity index (χ4v) is 1.91. The SMILES string of the molecule is CCN(C)C(=O)NC1(C(=N)N)CCN(C)CC1. The van der Waals surface area contributed by atoms with Crippen LogP contribution in [0.5, 0.6) is 0 Å². The van der Waals surface area contributed by atoms with Crippen molar-refractivity contribution in [1.29, 1.82) is 5.41 Å². The minimum absolute atomic E-state index is 0.0588. The molecule has 0 unspecified atom stereocenters. The Hall–Kier alpha value is -1.30. The zero-order chi connectivity index (χ0) is 13.1. The summed E-state index contributed by atoms with van der Waals surface area (Å²) in [5.74, 6) is 0.0588. The molecule has 6 heteroatoms. The van der Waals surface area contributed by atoms with E-state index in [-0.39, 0.29) is 11.9 Å². The number of carbonyl (C=O) groups excluding carboxylic acids is 1. The average Bonchev–Trinajstić information content (AvgIpc) is 2.30. The van der Waals surface area contributed by atoms with Crippen LogP contribution in [0.3, 0.4) is 0 Å². The van der Waals surface area contributed by atoms with Gasteiger partial charge in [0.2, 0.25) is 0 Å². The molecule has 0 bridgehead atoms. The standard InChI is InChI=1S/C11H23N5O/c1-4-16(3)10(17)14-11(9(12)13)5-7-15(2)8-6-11/h4-8H2,1-3H3,(H3,12,13)(H,14,17). The van der Waals surface area contributed by atoms with E-state index in [1.54, 1.807) is 11.9 Å². The van der Waals surface area contributed by atoms with Gasteiger partial charge in [-0.25, -0.2) is 4.79 Å². The molecule has 1 aliphatic rings. The number of amides is 2. The van der Waals surface area contributed by atoms with Gasteiger partial charge < -0.3 is 20.9 Å². The molecule has 0 aromatic carbocycles. The number of amidine groups is 1. The summed E-state index contributed by atoms with van der Waals surface area (Å²) >= 11 is 0. The highest BCUT2D eigenvalue weighted by Gasteiger charge is 2.38. The maximum atomic E-state index is 11.9. The van der Waals surface area contributed by atoms with Gasteiger partial charge in [0.05, 0.1) is 0 Å². The third-order valence-electron chi connectivity index (χ3n) is 3.52. The number of nitrogens with one attached hydrogen (secondary N) is 2. The molecule has 1 aliphatic heterocycles. The molecular weight excluding hydrogens is 218 g/mol. The largest absolute Gasteiger partial charge is 0.386 e. The third kappa shape index (κ3) is 3.09. The third-order valence-corrected chi connectivity index (χ3v) is 3.52. The molecule has 0 spiro atoms. The summed E-state index contributed by atoms with van der Waals surface area (Å²) in [6.45, 7) is 4.24. The number of hydrogen-bond acceptors (Lipinski definition) is 3. The molecule has 6 nitrogen and oxygen atoms in total. The molecular formula is C11H23N5O. The molecule has 0 radical (unpaired) electrons. The first-order chi connectivity index (χ1) is 7.91. The number of nitrogens with two attached hydrogens (primary N) is 1. The van der Waals surface area contributed by atoms with Gasteiger partial charge in [0.1, 0.15) is 11.4 Å². The second-order valence-corrected chi connectivity index (χ2v) is 4.74. The summed E-state index contributed by atoms with van der Waals surface area (Å²) in [6.07, 6.45) is 1.39. The molecule has 0 saturated carbocycles. The number of urea groups is 1. The lowest BCUT2D eigenvalue weighted by molar-refractivity contribution is 0.175. The van der Waals surface area contributed by atoms with Gasteiger partial charge in [-0.1, -0.05) is 0 Å². The zero-order valence-electron chi connectivity index (χ0n) is 10.9. The van der Waals surface area contributed by atoms with E-state index in [0.29, 0.717) is 19.4 Å². The molecule has 0 aliphatic carbocycles. The lowest BCUT2D eigenvalue weighted by Crippen LogP contribution is -2.63. The Balaban J connectivity index is 2.73. The van der Waals surface area contributed by atoms with Crippen molar-refractivity contribution < 1.29 is 4.79 Å². The van der Waals surface area contributed by atoms with Crippen molar-refractivity contribution in [2.75, 3.05) is 33.7 Å². The monoisotopic (exact) mass is 241 g/mol. The van der Waals surface area contributed by atoms with Crippen molar-refractivity contribution in [1.82, 2.24) is 15.1 Å². The molecule has 2 amide bonds. The van der Waals surface area contributed by atoms with Crippen LogP contribution >= 0.6 is 0 Å².